The summed E-state index contributed by atoms with van der Waals surface area (Å²) >= 11 is 0. The van der Waals surface area contributed by atoms with Crippen molar-refractivity contribution < 1.29 is 19.1 Å². The average Bonchev–Trinajstić information content (AvgIpc) is 3.42. The summed E-state index contributed by atoms with van der Waals surface area (Å²) in [5.74, 6) is 1.08. The van der Waals surface area contributed by atoms with Gasteiger partial charge in [-0.05, 0) is 36.4 Å². The minimum atomic E-state index is -0.338. The lowest BCUT2D eigenvalue weighted by Gasteiger charge is -2.09. The predicted molar refractivity (Wildman–Crippen MR) is 129 cm³/mol. The normalized spacial score (nSPS) is 11.4. The van der Waals surface area contributed by atoms with Crippen LogP contribution >= 0.6 is 0 Å². The number of imidazole rings is 1. The molecule has 8 heteroatoms. The van der Waals surface area contributed by atoms with E-state index in [4.69, 9.17) is 19.4 Å². The number of rotatable bonds is 6. The third kappa shape index (κ3) is 3.57. The van der Waals surface area contributed by atoms with Crippen LogP contribution in [-0.2, 0) is 16.0 Å². The summed E-state index contributed by atoms with van der Waals surface area (Å²) in [6.45, 7) is 5.55. The molecule has 34 heavy (non-hydrogen) atoms. The fourth-order valence-electron chi connectivity index (χ4n) is 4.01. The van der Waals surface area contributed by atoms with E-state index in [2.05, 4.69) is 0 Å². The van der Waals surface area contributed by atoms with Crippen molar-refractivity contribution in [3.8, 4) is 17.2 Å². The summed E-state index contributed by atoms with van der Waals surface area (Å²) in [7, 11) is 0. The second kappa shape index (κ2) is 8.62. The number of carbonyl (C=O) groups is 2. The van der Waals surface area contributed by atoms with Gasteiger partial charge in [-0.25, -0.2) is 9.97 Å². The molecule has 0 amide bonds. The SMILES string of the molecule is CCC(=O)Oc1ccc(-n2cc(OC(=O)CC)c3c2nc(CC)n2c4ccccc4nc32)cc1. The van der Waals surface area contributed by atoms with Crippen LogP contribution in [-0.4, -0.2) is 30.9 Å². The molecule has 8 nitrogen and oxygen atoms in total. The highest BCUT2D eigenvalue weighted by molar-refractivity contribution is 6.01. The monoisotopic (exact) mass is 456 g/mol. The average molecular weight is 457 g/mol. The molecule has 0 saturated carbocycles. The molecule has 0 aliphatic carbocycles. The number of esters is 2. The maximum atomic E-state index is 12.3. The molecule has 172 valence electrons. The zero-order valence-corrected chi connectivity index (χ0v) is 19.2. The summed E-state index contributed by atoms with van der Waals surface area (Å²) in [6.07, 6.45) is 3.00. The van der Waals surface area contributed by atoms with Crippen molar-refractivity contribution in [3.63, 3.8) is 0 Å². The van der Waals surface area contributed by atoms with E-state index in [1.807, 2.05) is 52.3 Å². The summed E-state index contributed by atoms with van der Waals surface area (Å²) in [5, 5.41) is 0.664. The highest BCUT2D eigenvalue weighted by Gasteiger charge is 2.22. The van der Waals surface area contributed by atoms with Gasteiger partial charge < -0.3 is 9.47 Å². The molecule has 5 aromatic rings. The quantitative estimate of drug-likeness (QED) is 0.263. The predicted octanol–water partition coefficient (Wildman–Crippen LogP) is 5.02. The number of hydrogen-bond acceptors (Lipinski definition) is 6. The van der Waals surface area contributed by atoms with Crippen LogP contribution in [0.5, 0.6) is 11.5 Å². The summed E-state index contributed by atoms with van der Waals surface area (Å²) in [4.78, 5) is 33.7. The third-order valence-corrected chi connectivity index (χ3v) is 5.69. The maximum Gasteiger partial charge on any atom is 0.310 e. The minimum Gasteiger partial charge on any atom is -0.427 e. The first kappa shape index (κ1) is 21.6. The lowest BCUT2D eigenvalue weighted by molar-refractivity contribution is -0.134. The highest BCUT2D eigenvalue weighted by atomic mass is 16.5. The molecule has 0 unspecified atom stereocenters. The number of para-hydroxylation sites is 2. The van der Waals surface area contributed by atoms with Gasteiger partial charge in [0.15, 0.2) is 17.0 Å². The van der Waals surface area contributed by atoms with E-state index in [0.29, 0.717) is 41.0 Å². The zero-order valence-electron chi connectivity index (χ0n) is 19.2. The Labute approximate surface area is 195 Å². The first-order chi connectivity index (χ1) is 16.5. The Hall–Kier alpha value is -4.20. The van der Waals surface area contributed by atoms with Crippen molar-refractivity contribution in [1.82, 2.24) is 18.9 Å². The van der Waals surface area contributed by atoms with E-state index >= 15 is 0 Å². The van der Waals surface area contributed by atoms with Crippen molar-refractivity contribution in [2.45, 2.75) is 40.0 Å². The highest BCUT2D eigenvalue weighted by Crippen LogP contribution is 2.35. The van der Waals surface area contributed by atoms with E-state index in [0.717, 1.165) is 22.5 Å². The lowest BCUT2D eigenvalue weighted by Crippen LogP contribution is -2.06. The Morgan fingerprint density at radius 3 is 2.26 bits per heavy atom. The van der Waals surface area contributed by atoms with Gasteiger partial charge in [0, 0.05) is 24.9 Å². The Kier molecular flexibility index (Phi) is 5.49. The van der Waals surface area contributed by atoms with Crippen LogP contribution in [0.4, 0.5) is 0 Å². The molecular formula is C26H24N4O4. The second-order valence-corrected chi connectivity index (χ2v) is 7.85. The number of aryl methyl sites for hydroxylation is 1. The zero-order chi connectivity index (χ0) is 23.8. The Bertz CT molecular complexity index is 1550. The van der Waals surface area contributed by atoms with Crippen LogP contribution in [0.2, 0.25) is 0 Å². The third-order valence-electron chi connectivity index (χ3n) is 5.69. The van der Waals surface area contributed by atoms with Crippen LogP contribution in [0.15, 0.2) is 54.7 Å². The number of nitrogens with zero attached hydrogens (tertiary/aromatic N) is 4. The van der Waals surface area contributed by atoms with Gasteiger partial charge in [0.1, 0.15) is 17.0 Å². The largest absolute Gasteiger partial charge is 0.427 e. The van der Waals surface area contributed by atoms with Gasteiger partial charge in [-0.2, -0.15) is 0 Å². The van der Waals surface area contributed by atoms with Gasteiger partial charge in [0.25, 0.3) is 0 Å². The van der Waals surface area contributed by atoms with Crippen LogP contribution in [0.1, 0.15) is 39.4 Å². The molecule has 0 aliphatic heterocycles. The first-order valence-corrected chi connectivity index (χ1v) is 11.4. The fraction of sp³-hybridized carbons (Fsp3) is 0.231. The van der Waals surface area contributed by atoms with Gasteiger partial charge in [0.05, 0.1) is 17.2 Å². The van der Waals surface area contributed by atoms with Crippen molar-refractivity contribution in [2.75, 3.05) is 0 Å². The number of carbonyl (C=O) groups excluding carboxylic acids is 2. The molecule has 0 fully saturated rings. The minimum absolute atomic E-state index is 0.247. The van der Waals surface area contributed by atoms with Crippen molar-refractivity contribution in [1.29, 1.82) is 0 Å². The molecule has 0 bridgehead atoms. The van der Waals surface area contributed by atoms with Gasteiger partial charge in [-0.3, -0.25) is 18.6 Å². The van der Waals surface area contributed by atoms with E-state index < -0.39 is 0 Å². The summed E-state index contributed by atoms with van der Waals surface area (Å²) in [6, 6.07) is 15.0. The molecule has 0 aliphatic rings. The van der Waals surface area contributed by atoms with Crippen LogP contribution in [0.3, 0.4) is 0 Å². The Balaban J connectivity index is 1.77. The van der Waals surface area contributed by atoms with Gasteiger partial charge >= 0.3 is 11.9 Å². The number of aromatic nitrogens is 4. The van der Waals surface area contributed by atoms with E-state index in [-0.39, 0.29) is 18.4 Å². The fourth-order valence-corrected chi connectivity index (χ4v) is 4.01. The summed E-state index contributed by atoms with van der Waals surface area (Å²) in [5.41, 5.74) is 3.90. The maximum absolute atomic E-state index is 12.3. The standard InChI is InChI=1S/C26H24N4O4/c1-4-21-28-25-24(26-27-18-9-7-8-10-19(18)30(21)26)20(34-23(32)6-3)15-29(25)16-11-13-17(14-12-16)33-22(31)5-2/h7-15H,4-6H2,1-3H3. The molecule has 5 rings (SSSR count). The van der Waals surface area contributed by atoms with Gasteiger partial charge in [0.2, 0.25) is 0 Å². The van der Waals surface area contributed by atoms with Gasteiger partial charge in [-0.1, -0.05) is 32.9 Å². The van der Waals surface area contributed by atoms with Crippen molar-refractivity contribution in [3.05, 3.63) is 60.6 Å². The van der Waals surface area contributed by atoms with E-state index in [1.54, 1.807) is 32.2 Å². The number of benzene rings is 2. The van der Waals surface area contributed by atoms with E-state index in [9.17, 15) is 9.59 Å². The molecule has 0 spiro atoms. The summed E-state index contributed by atoms with van der Waals surface area (Å²) < 4.78 is 14.9. The molecule has 3 aromatic heterocycles. The first-order valence-electron chi connectivity index (χ1n) is 11.4. The molecule has 0 N–H and O–H groups in total. The molecule has 0 atom stereocenters. The lowest BCUT2D eigenvalue weighted by atomic mass is 10.3. The molecule has 0 radical (unpaired) electrons. The van der Waals surface area contributed by atoms with Crippen LogP contribution < -0.4 is 9.47 Å². The number of fused-ring (bicyclic) bond motifs is 5. The van der Waals surface area contributed by atoms with Crippen LogP contribution in [0, 0.1) is 0 Å². The second-order valence-electron chi connectivity index (χ2n) is 7.85. The van der Waals surface area contributed by atoms with E-state index in [1.165, 1.54) is 0 Å². The smallest absolute Gasteiger partial charge is 0.310 e. The van der Waals surface area contributed by atoms with Gasteiger partial charge in [-0.15, -0.1) is 0 Å². The van der Waals surface area contributed by atoms with Crippen molar-refractivity contribution >= 4 is 39.7 Å². The van der Waals surface area contributed by atoms with Crippen LogP contribution in [0.25, 0.3) is 33.4 Å². The number of ether oxygens (including phenoxy) is 2. The molecule has 0 saturated heterocycles. The Morgan fingerprint density at radius 2 is 1.56 bits per heavy atom. The topological polar surface area (TPSA) is 87.7 Å². The molecule has 3 heterocycles. The molecular weight excluding hydrogens is 432 g/mol. The number of hydrogen-bond donors (Lipinski definition) is 0. The molecule has 2 aromatic carbocycles. The Morgan fingerprint density at radius 1 is 0.853 bits per heavy atom. The van der Waals surface area contributed by atoms with Crippen molar-refractivity contribution in [2.24, 2.45) is 0 Å².